The summed E-state index contributed by atoms with van der Waals surface area (Å²) < 4.78 is 49.7. The summed E-state index contributed by atoms with van der Waals surface area (Å²) in [4.78, 5) is 14.5. The van der Waals surface area contributed by atoms with Gasteiger partial charge in [0.1, 0.15) is 11.5 Å². The molecule has 2 unspecified atom stereocenters. The highest BCUT2D eigenvalue weighted by Crippen LogP contribution is 2.33. The third kappa shape index (κ3) is 4.80. The van der Waals surface area contributed by atoms with Crippen LogP contribution in [0.15, 0.2) is 48.5 Å². The molecule has 1 fully saturated rings. The monoisotopic (exact) mass is 379 g/mol. The Morgan fingerprint density at radius 1 is 1.04 bits per heavy atom. The van der Waals surface area contributed by atoms with Gasteiger partial charge in [0.15, 0.2) is 0 Å². The fraction of sp³-hybridized carbons (Fsp3) is 0.350. The largest absolute Gasteiger partial charge is 0.457 e. The van der Waals surface area contributed by atoms with Crippen LogP contribution < -0.4 is 4.74 Å². The number of alkyl halides is 3. The standard InChI is InChI=1S/C20H20F3NO3/c1-13-11-24(12-14(2)26-13)19(25)15-5-3-7-17(9-15)27-18-8-4-6-16(10-18)20(21,22)23/h3-10,13-14H,11-12H2,1-2H3. The SMILES string of the molecule is CC1CN(C(=O)c2cccc(Oc3cccc(C(F)(F)F)c3)c2)CC(C)O1. The summed E-state index contributed by atoms with van der Waals surface area (Å²) in [6.45, 7) is 4.79. The molecule has 1 aliphatic rings. The van der Waals surface area contributed by atoms with E-state index in [2.05, 4.69) is 0 Å². The van der Waals surface area contributed by atoms with Crippen molar-refractivity contribution in [2.45, 2.75) is 32.2 Å². The minimum atomic E-state index is -4.44. The summed E-state index contributed by atoms with van der Waals surface area (Å²) >= 11 is 0. The van der Waals surface area contributed by atoms with Crippen molar-refractivity contribution >= 4 is 5.91 Å². The van der Waals surface area contributed by atoms with E-state index in [1.165, 1.54) is 18.2 Å². The maximum Gasteiger partial charge on any atom is 0.416 e. The van der Waals surface area contributed by atoms with E-state index in [9.17, 15) is 18.0 Å². The Balaban J connectivity index is 1.77. The highest BCUT2D eigenvalue weighted by Gasteiger charge is 2.31. The smallest absolute Gasteiger partial charge is 0.416 e. The first-order valence-corrected chi connectivity index (χ1v) is 8.62. The van der Waals surface area contributed by atoms with E-state index in [1.807, 2.05) is 13.8 Å². The molecule has 27 heavy (non-hydrogen) atoms. The first kappa shape index (κ1) is 19.2. The maximum atomic E-state index is 12.8. The van der Waals surface area contributed by atoms with Crippen molar-refractivity contribution in [3.05, 3.63) is 59.7 Å². The molecule has 3 rings (SSSR count). The van der Waals surface area contributed by atoms with Crippen LogP contribution in [0.2, 0.25) is 0 Å². The van der Waals surface area contributed by atoms with Crippen LogP contribution in [-0.4, -0.2) is 36.1 Å². The zero-order valence-electron chi connectivity index (χ0n) is 15.0. The second kappa shape index (κ2) is 7.60. The van der Waals surface area contributed by atoms with Gasteiger partial charge in [-0.1, -0.05) is 12.1 Å². The van der Waals surface area contributed by atoms with Gasteiger partial charge in [-0.3, -0.25) is 4.79 Å². The lowest BCUT2D eigenvalue weighted by Crippen LogP contribution is -2.48. The average molecular weight is 379 g/mol. The quantitative estimate of drug-likeness (QED) is 0.773. The number of amides is 1. The predicted octanol–water partition coefficient (Wildman–Crippen LogP) is 4.75. The lowest BCUT2D eigenvalue weighted by Gasteiger charge is -2.35. The van der Waals surface area contributed by atoms with Gasteiger partial charge in [0.2, 0.25) is 0 Å². The number of ether oxygens (including phenoxy) is 2. The first-order valence-electron chi connectivity index (χ1n) is 8.62. The molecule has 144 valence electrons. The Morgan fingerprint density at radius 2 is 1.63 bits per heavy atom. The molecule has 1 aliphatic heterocycles. The van der Waals surface area contributed by atoms with Crippen LogP contribution in [0.1, 0.15) is 29.8 Å². The van der Waals surface area contributed by atoms with Crippen molar-refractivity contribution in [1.29, 1.82) is 0 Å². The second-order valence-electron chi connectivity index (χ2n) is 6.62. The maximum absolute atomic E-state index is 12.8. The molecule has 0 saturated carbocycles. The Morgan fingerprint density at radius 3 is 2.26 bits per heavy atom. The van der Waals surface area contributed by atoms with Crippen LogP contribution in [0.4, 0.5) is 13.2 Å². The summed E-state index contributed by atoms with van der Waals surface area (Å²) in [5.74, 6) is 0.198. The lowest BCUT2D eigenvalue weighted by molar-refractivity contribution is -0.137. The third-order valence-corrected chi connectivity index (χ3v) is 4.18. The van der Waals surface area contributed by atoms with E-state index in [1.54, 1.807) is 23.1 Å². The van der Waals surface area contributed by atoms with E-state index in [0.29, 0.717) is 24.4 Å². The van der Waals surface area contributed by atoms with E-state index < -0.39 is 11.7 Å². The fourth-order valence-electron chi connectivity index (χ4n) is 3.09. The number of rotatable bonds is 3. The first-order chi connectivity index (χ1) is 12.7. The number of carbonyl (C=O) groups excluding carboxylic acids is 1. The van der Waals surface area contributed by atoms with Gasteiger partial charge >= 0.3 is 6.18 Å². The fourth-order valence-corrected chi connectivity index (χ4v) is 3.09. The van der Waals surface area contributed by atoms with Crippen LogP contribution in [0.25, 0.3) is 0 Å². The summed E-state index contributed by atoms with van der Waals surface area (Å²) in [6.07, 6.45) is -4.55. The molecule has 2 atom stereocenters. The van der Waals surface area contributed by atoms with E-state index in [0.717, 1.165) is 12.1 Å². The molecule has 2 aromatic carbocycles. The molecule has 0 aliphatic carbocycles. The van der Waals surface area contributed by atoms with Crippen molar-refractivity contribution in [3.8, 4) is 11.5 Å². The van der Waals surface area contributed by atoms with Crippen LogP contribution >= 0.6 is 0 Å². The summed E-state index contributed by atoms with van der Waals surface area (Å²) in [7, 11) is 0. The molecule has 1 amide bonds. The van der Waals surface area contributed by atoms with Crippen LogP contribution in [-0.2, 0) is 10.9 Å². The van der Waals surface area contributed by atoms with Crippen LogP contribution in [0, 0.1) is 0 Å². The molecule has 0 bridgehead atoms. The predicted molar refractivity (Wildman–Crippen MR) is 93.9 cm³/mol. The van der Waals surface area contributed by atoms with E-state index >= 15 is 0 Å². The molecular formula is C20H20F3NO3. The van der Waals surface area contributed by atoms with E-state index in [-0.39, 0.29) is 23.9 Å². The number of morpholine rings is 1. The molecule has 4 nitrogen and oxygen atoms in total. The molecule has 1 saturated heterocycles. The molecule has 0 N–H and O–H groups in total. The van der Waals surface area contributed by atoms with Gasteiger partial charge in [-0.05, 0) is 50.2 Å². The van der Waals surface area contributed by atoms with Gasteiger partial charge in [0, 0.05) is 18.7 Å². The molecule has 0 aromatic heterocycles. The van der Waals surface area contributed by atoms with Crippen molar-refractivity contribution < 1.29 is 27.4 Å². The topological polar surface area (TPSA) is 38.8 Å². The highest BCUT2D eigenvalue weighted by molar-refractivity contribution is 5.94. The highest BCUT2D eigenvalue weighted by atomic mass is 19.4. The van der Waals surface area contributed by atoms with Gasteiger partial charge in [-0.2, -0.15) is 13.2 Å². The molecular weight excluding hydrogens is 359 g/mol. The van der Waals surface area contributed by atoms with Crippen LogP contribution in [0.5, 0.6) is 11.5 Å². The number of hydrogen-bond acceptors (Lipinski definition) is 3. The van der Waals surface area contributed by atoms with Crippen molar-refractivity contribution in [1.82, 2.24) is 4.90 Å². The zero-order valence-corrected chi connectivity index (χ0v) is 15.0. The Hall–Kier alpha value is -2.54. The minimum Gasteiger partial charge on any atom is -0.457 e. The van der Waals surface area contributed by atoms with Crippen LogP contribution in [0.3, 0.4) is 0 Å². The Kier molecular flexibility index (Phi) is 5.41. The second-order valence-corrected chi connectivity index (χ2v) is 6.62. The van der Waals surface area contributed by atoms with Gasteiger partial charge < -0.3 is 14.4 Å². The lowest BCUT2D eigenvalue weighted by atomic mass is 10.1. The summed E-state index contributed by atoms with van der Waals surface area (Å²) in [6, 6.07) is 11.1. The minimum absolute atomic E-state index is 0.0535. The van der Waals surface area contributed by atoms with Gasteiger partial charge in [-0.15, -0.1) is 0 Å². The van der Waals surface area contributed by atoms with E-state index in [4.69, 9.17) is 9.47 Å². The molecule has 2 aromatic rings. The van der Waals surface area contributed by atoms with Crippen molar-refractivity contribution in [3.63, 3.8) is 0 Å². The molecule has 0 spiro atoms. The Bertz CT molecular complexity index is 812. The normalized spacial score (nSPS) is 20.4. The van der Waals surface area contributed by atoms with Crippen molar-refractivity contribution in [2.75, 3.05) is 13.1 Å². The zero-order chi connectivity index (χ0) is 19.6. The Labute approximate surface area is 155 Å². The van der Waals surface area contributed by atoms with Crippen molar-refractivity contribution in [2.24, 2.45) is 0 Å². The number of carbonyl (C=O) groups is 1. The summed E-state index contributed by atoms with van der Waals surface area (Å²) in [5, 5.41) is 0. The average Bonchev–Trinajstić information content (AvgIpc) is 2.60. The molecule has 7 heteroatoms. The third-order valence-electron chi connectivity index (χ3n) is 4.18. The summed E-state index contributed by atoms with van der Waals surface area (Å²) in [5.41, 5.74) is -0.371. The molecule has 1 heterocycles. The van der Waals surface area contributed by atoms with Gasteiger partial charge in [0.25, 0.3) is 5.91 Å². The molecule has 0 radical (unpaired) electrons. The van der Waals surface area contributed by atoms with Gasteiger partial charge in [0.05, 0.1) is 17.8 Å². The number of halogens is 3. The number of nitrogens with zero attached hydrogens (tertiary/aromatic N) is 1. The van der Waals surface area contributed by atoms with Gasteiger partial charge in [-0.25, -0.2) is 0 Å². The number of hydrogen-bond donors (Lipinski definition) is 0. The number of benzene rings is 2.